The van der Waals surface area contributed by atoms with Crippen LogP contribution in [0.15, 0.2) is 29.1 Å². The molecule has 146 valence electrons. The maximum atomic E-state index is 12.6. The first kappa shape index (κ1) is 18.7. The van der Waals surface area contributed by atoms with Crippen molar-refractivity contribution >= 4 is 33.1 Å². The van der Waals surface area contributed by atoms with Gasteiger partial charge >= 0.3 is 0 Å². The molecule has 7 heteroatoms. The van der Waals surface area contributed by atoms with Crippen LogP contribution in [0.3, 0.4) is 0 Å². The summed E-state index contributed by atoms with van der Waals surface area (Å²) in [5.74, 6) is 1.07. The number of H-pyrrole nitrogens is 1. The normalized spacial score (nSPS) is 13.3. The molecule has 4 rings (SSSR count). The number of thiophene rings is 1. The van der Waals surface area contributed by atoms with E-state index in [1.54, 1.807) is 11.3 Å². The maximum Gasteiger partial charge on any atom is 0.259 e. The van der Waals surface area contributed by atoms with E-state index in [0.29, 0.717) is 30.3 Å². The molecular formula is C21H23N3O3S. The van der Waals surface area contributed by atoms with E-state index in [1.165, 1.54) is 16.9 Å². The van der Waals surface area contributed by atoms with E-state index < -0.39 is 0 Å². The van der Waals surface area contributed by atoms with Crippen LogP contribution in [0.5, 0.6) is 5.75 Å². The summed E-state index contributed by atoms with van der Waals surface area (Å²) in [6, 6.07) is 7.35. The number of rotatable bonds is 6. The van der Waals surface area contributed by atoms with E-state index in [1.807, 2.05) is 31.2 Å². The molecule has 1 aromatic carbocycles. The summed E-state index contributed by atoms with van der Waals surface area (Å²) in [5.41, 5.74) is 1.75. The van der Waals surface area contributed by atoms with Gasteiger partial charge in [-0.2, -0.15) is 0 Å². The van der Waals surface area contributed by atoms with Crippen LogP contribution in [-0.4, -0.2) is 22.5 Å². The van der Waals surface area contributed by atoms with Gasteiger partial charge in [-0.05, 0) is 50.3 Å². The summed E-state index contributed by atoms with van der Waals surface area (Å²) in [6.45, 7) is 2.43. The highest BCUT2D eigenvalue weighted by Crippen LogP contribution is 2.33. The Kier molecular flexibility index (Phi) is 5.43. The number of amides is 1. The monoisotopic (exact) mass is 397 g/mol. The average Bonchev–Trinajstić information content (AvgIpc) is 3.07. The van der Waals surface area contributed by atoms with E-state index in [0.717, 1.165) is 29.5 Å². The number of fused-ring (bicyclic) bond motifs is 3. The van der Waals surface area contributed by atoms with Crippen molar-refractivity contribution in [3.05, 3.63) is 50.9 Å². The molecule has 1 amide bonds. The molecular weight excluding hydrogens is 374 g/mol. The van der Waals surface area contributed by atoms with Gasteiger partial charge in [-0.1, -0.05) is 12.1 Å². The molecule has 28 heavy (non-hydrogen) atoms. The minimum atomic E-state index is -0.139. The maximum absolute atomic E-state index is 12.6. The SMILES string of the molecule is CCOc1ccccc1NC(=O)CCc1nc2sc3c(c2c(=O)[nH]1)CCCC3. The summed E-state index contributed by atoms with van der Waals surface area (Å²) in [6.07, 6.45) is 4.92. The second kappa shape index (κ2) is 8.14. The number of nitrogens with one attached hydrogen (secondary N) is 2. The van der Waals surface area contributed by atoms with Crippen molar-refractivity contribution in [3.63, 3.8) is 0 Å². The molecule has 0 aliphatic heterocycles. The molecule has 3 aromatic rings. The lowest BCUT2D eigenvalue weighted by atomic mass is 9.97. The third-order valence-electron chi connectivity index (χ3n) is 4.92. The van der Waals surface area contributed by atoms with Gasteiger partial charge in [0.05, 0.1) is 17.7 Å². The van der Waals surface area contributed by atoms with Crippen molar-refractivity contribution in [2.75, 3.05) is 11.9 Å². The lowest BCUT2D eigenvalue weighted by Crippen LogP contribution is -2.17. The summed E-state index contributed by atoms with van der Waals surface area (Å²) >= 11 is 1.62. The predicted octanol–water partition coefficient (Wildman–Crippen LogP) is 3.83. The van der Waals surface area contributed by atoms with E-state index in [-0.39, 0.29) is 17.9 Å². The second-order valence-corrected chi connectivity index (χ2v) is 7.96. The number of ether oxygens (including phenoxy) is 1. The number of aromatic nitrogens is 2. The molecule has 0 bridgehead atoms. The van der Waals surface area contributed by atoms with Gasteiger partial charge in [0.1, 0.15) is 16.4 Å². The summed E-state index contributed by atoms with van der Waals surface area (Å²) in [4.78, 5) is 34.5. The number of aromatic amines is 1. The number of benzene rings is 1. The molecule has 2 aromatic heterocycles. The van der Waals surface area contributed by atoms with E-state index in [2.05, 4.69) is 15.3 Å². The van der Waals surface area contributed by atoms with Crippen LogP contribution in [0, 0.1) is 0 Å². The van der Waals surface area contributed by atoms with Crippen molar-refractivity contribution in [1.82, 2.24) is 9.97 Å². The second-order valence-electron chi connectivity index (χ2n) is 6.88. The molecule has 0 fully saturated rings. The average molecular weight is 398 g/mol. The number of anilines is 1. The van der Waals surface area contributed by atoms with Crippen molar-refractivity contribution in [2.24, 2.45) is 0 Å². The van der Waals surface area contributed by atoms with E-state index in [9.17, 15) is 9.59 Å². The Morgan fingerprint density at radius 1 is 1.29 bits per heavy atom. The third kappa shape index (κ3) is 3.80. The number of aryl methyl sites for hydroxylation is 3. The molecule has 1 aliphatic rings. The number of carbonyl (C=O) groups excluding carboxylic acids is 1. The number of nitrogens with zero attached hydrogens (tertiary/aromatic N) is 1. The van der Waals surface area contributed by atoms with Crippen LogP contribution in [0.25, 0.3) is 10.2 Å². The molecule has 0 radical (unpaired) electrons. The van der Waals surface area contributed by atoms with Crippen LogP contribution < -0.4 is 15.6 Å². The van der Waals surface area contributed by atoms with Crippen LogP contribution >= 0.6 is 11.3 Å². The molecule has 0 atom stereocenters. The van der Waals surface area contributed by atoms with Crippen molar-refractivity contribution in [2.45, 2.75) is 45.4 Å². The fraction of sp³-hybridized carbons (Fsp3) is 0.381. The molecule has 0 saturated heterocycles. The van der Waals surface area contributed by atoms with Crippen molar-refractivity contribution < 1.29 is 9.53 Å². The van der Waals surface area contributed by atoms with Gasteiger partial charge in [-0.25, -0.2) is 4.98 Å². The van der Waals surface area contributed by atoms with Gasteiger partial charge in [0, 0.05) is 17.7 Å². The van der Waals surface area contributed by atoms with Gasteiger partial charge in [-0.3, -0.25) is 9.59 Å². The topological polar surface area (TPSA) is 84.1 Å². The minimum absolute atomic E-state index is 0.0819. The lowest BCUT2D eigenvalue weighted by Gasteiger charge is -2.11. The molecule has 0 spiro atoms. The Labute approximate surface area is 167 Å². The zero-order chi connectivity index (χ0) is 19.5. The number of hydrogen-bond donors (Lipinski definition) is 2. The summed E-state index contributed by atoms with van der Waals surface area (Å²) < 4.78 is 5.53. The first-order valence-electron chi connectivity index (χ1n) is 9.71. The molecule has 2 heterocycles. The fourth-order valence-electron chi connectivity index (χ4n) is 3.62. The van der Waals surface area contributed by atoms with Crippen LogP contribution in [-0.2, 0) is 24.1 Å². The Hall–Kier alpha value is -2.67. The molecule has 0 unspecified atom stereocenters. The Morgan fingerprint density at radius 3 is 2.96 bits per heavy atom. The standard InChI is InChI=1S/C21H23N3O3S/c1-2-27-15-9-5-4-8-14(15)22-18(25)12-11-17-23-20(26)19-13-7-3-6-10-16(13)28-21(19)24-17/h4-5,8-9H,2-3,6-7,10-12H2,1H3,(H,22,25)(H,23,24,26). The molecule has 0 saturated carbocycles. The quantitative estimate of drug-likeness (QED) is 0.662. The lowest BCUT2D eigenvalue weighted by molar-refractivity contribution is -0.116. The Balaban J connectivity index is 1.47. The number of hydrogen-bond acceptors (Lipinski definition) is 5. The van der Waals surface area contributed by atoms with Gasteiger partial charge in [0.25, 0.3) is 5.56 Å². The first-order valence-corrected chi connectivity index (χ1v) is 10.5. The smallest absolute Gasteiger partial charge is 0.259 e. The van der Waals surface area contributed by atoms with Gasteiger partial charge < -0.3 is 15.0 Å². The highest BCUT2D eigenvalue weighted by Gasteiger charge is 2.20. The number of para-hydroxylation sites is 2. The summed E-state index contributed by atoms with van der Waals surface area (Å²) in [7, 11) is 0. The minimum Gasteiger partial charge on any atom is -0.492 e. The zero-order valence-corrected chi connectivity index (χ0v) is 16.7. The Bertz CT molecular complexity index is 1070. The highest BCUT2D eigenvalue weighted by molar-refractivity contribution is 7.18. The van der Waals surface area contributed by atoms with Crippen molar-refractivity contribution in [1.29, 1.82) is 0 Å². The third-order valence-corrected chi connectivity index (χ3v) is 6.11. The van der Waals surface area contributed by atoms with Gasteiger partial charge in [0.15, 0.2) is 0 Å². The van der Waals surface area contributed by atoms with Crippen molar-refractivity contribution in [3.8, 4) is 5.75 Å². The van der Waals surface area contributed by atoms with Crippen LogP contribution in [0.1, 0.15) is 42.5 Å². The van der Waals surface area contributed by atoms with Gasteiger partial charge in [0.2, 0.25) is 5.91 Å². The highest BCUT2D eigenvalue weighted by atomic mass is 32.1. The summed E-state index contributed by atoms with van der Waals surface area (Å²) in [5, 5.41) is 3.62. The van der Waals surface area contributed by atoms with Crippen LogP contribution in [0.2, 0.25) is 0 Å². The molecule has 6 nitrogen and oxygen atoms in total. The number of carbonyl (C=O) groups is 1. The van der Waals surface area contributed by atoms with E-state index in [4.69, 9.17) is 4.74 Å². The zero-order valence-electron chi connectivity index (χ0n) is 15.8. The Morgan fingerprint density at radius 2 is 2.11 bits per heavy atom. The first-order chi connectivity index (χ1) is 13.7. The molecule has 2 N–H and O–H groups in total. The van der Waals surface area contributed by atoms with Crippen LogP contribution in [0.4, 0.5) is 5.69 Å². The fourth-order valence-corrected chi connectivity index (χ4v) is 4.90. The largest absolute Gasteiger partial charge is 0.492 e. The van der Waals surface area contributed by atoms with Gasteiger partial charge in [-0.15, -0.1) is 11.3 Å². The van der Waals surface area contributed by atoms with E-state index >= 15 is 0 Å². The molecule has 1 aliphatic carbocycles. The predicted molar refractivity (Wildman–Crippen MR) is 111 cm³/mol.